The highest BCUT2D eigenvalue weighted by Gasteiger charge is 2.25. The number of carboxylic acid groups (broad SMARTS) is 1. The van der Waals surface area contributed by atoms with Gasteiger partial charge in [-0.05, 0) is 25.1 Å². The number of ether oxygens (including phenoxy) is 1. The number of pyridine rings is 1. The molecule has 1 aromatic heterocycles. The molecule has 2 amide bonds. The van der Waals surface area contributed by atoms with Crippen molar-refractivity contribution in [1.29, 1.82) is 0 Å². The predicted octanol–water partition coefficient (Wildman–Crippen LogP) is 4.07. The van der Waals surface area contributed by atoms with Gasteiger partial charge in [-0.15, -0.1) is 0 Å². The quantitative estimate of drug-likeness (QED) is 0.479. The van der Waals surface area contributed by atoms with E-state index in [1.54, 1.807) is 18.2 Å². The van der Waals surface area contributed by atoms with Crippen LogP contribution in [0.4, 0.5) is 26.2 Å². The summed E-state index contributed by atoms with van der Waals surface area (Å²) >= 11 is 5.93. The lowest BCUT2D eigenvalue weighted by molar-refractivity contribution is 0.100. The number of piperazine rings is 1. The number of anilines is 3. The van der Waals surface area contributed by atoms with Crippen molar-refractivity contribution < 1.29 is 23.8 Å². The molecule has 178 valence electrons. The van der Waals surface area contributed by atoms with E-state index in [4.69, 9.17) is 22.1 Å². The number of halogens is 2. The maximum atomic E-state index is 14.6. The highest BCUT2D eigenvalue weighted by Crippen LogP contribution is 2.39. The van der Waals surface area contributed by atoms with Crippen LogP contribution in [0.2, 0.25) is 5.02 Å². The van der Waals surface area contributed by atoms with Crippen LogP contribution in [0.25, 0.3) is 10.9 Å². The summed E-state index contributed by atoms with van der Waals surface area (Å²) < 4.78 is 20.5. The van der Waals surface area contributed by atoms with E-state index in [2.05, 4.69) is 10.3 Å². The molecule has 1 fully saturated rings. The molecular weight excluding hydrogens is 465 g/mol. The Balaban J connectivity index is 1.85. The lowest BCUT2D eigenvalue weighted by atomic mass is 10.1. The molecule has 11 heteroatoms. The molecule has 0 radical (unpaired) electrons. The maximum absolute atomic E-state index is 14.6. The van der Waals surface area contributed by atoms with E-state index in [-0.39, 0.29) is 22.0 Å². The summed E-state index contributed by atoms with van der Waals surface area (Å²) in [6.45, 7) is 3.83. The molecule has 1 saturated heterocycles. The van der Waals surface area contributed by atoms with E-state index < -0.39 is 17.8 Å². The minimum atomic E-state index is -0.964. The van der Waals surface area contributed by atoms with Crippen molar-refractivity contribution in [3.8, 4) is 5.75 Å². The van der Waals surface area contributed by atoms with Gasteiger partial charge in [0.1, 0.15) is 5.75 Å². The Bertz CT molecular complexity index is 1260. The second kappa shape index (κ2) is 9.60. The van der Waals surface area contributed by atoms with Gasteiger partial charge in [0.25, 0.3) is 5.91 Å². The number of amides is 2. The third-order valence-corrected chi connectivity index (χ3v) is 5.91. The van der Waals surface area contributed by atoms with Gasteiger partial charge in [-0.1, -0.05) is 17.7 Å². The zero-order chi connectivity index (χ0) is 24.4. The number of primary amides is 1. The molecule has 2 aromatic carbocycles. The largest absolute Gasteiger partial charge is 0.492 e. The first-order chi connectivity index (χ1) is 16.3. The molecule has 0 aliphatic carbocycles. The maximum Gasteiger partial charge on any atom is 0.407 e. The lowest BCUT2D eigenvalue weighted by Gasteiger charge is -2.35. The second-order valence-corrected chi connectivity index (χ2v) is 8.07. The van der Waals surface area contributed by atoms with Crippen LogP contribution >= 0.6 is 11.6 Å². The molecule has 0 spiro atoms. The van der Waals surface area contributed by atoms with Gasteiger partial charge in [-0.2, -0.15) is 0 Å². The number of fused-ring (bicyclic) bond motifs is 1. The monoisotopic (exact) mass is 487 g/mol. The molecule has 4 N–H and O–H groups in total. The van der Waals surface area contributed by atoms with E-state index in [0.717, 1.165) is 0 Å². The summed E-state index contributed by atoms with van der Waals surface area (Å²) in [6.07, 6.45) is 0.366. The number of nitrogens with two attached hydrogens (primary N) is 1. The number of rotatable bonds is 6. The first kappa shape index (κ1) is 23.4. The minimum Gasteiger partial charge on any atom is -0.492 e. The molecular formula is C23H23ClFN5O4. The minimum absolute atomic E-state index is 0.0698. The van der Waals surface area contributed by atoms with Gasteiger partial charge in [-0.3, -0.25) is 9.78 Å². The second-order valence-electron chi connectivity index (χ2n) is 7.66. The Morgan fingerprint density at radius 2 is 2.00 bits per heavy atom. The van der Waals surface area contributed by atoms with E-state index in [0.29, 0.717) is 55.1 Å². The van der Waals surface area contributed by atoms with Crippen LogP contribution in [0, 0.1) is 5.82 Å². The molecule has 34 heavy (non-hydrogen) atoms. The van der Waals surface area contributed by atoms with Crippen LogP contribution in [0.15, 0.2) is 36.5 Å². The zero-order valence-electron chi connectivity index (χ0n) is 18.3. The van der Waals surface area contributed by atoms with Gasteiger partial charge in [0.2, 0.25) is 0 Å². The number of aromatic nitrogens is 1. The average Bonchev–Trinajstić information content (AvgIpc) is 2.82. The van der Waals surface area contributed by atoms with Crippen molar-refractivity contribution >= 4 is 51.6 Å². The van der Waals surface area contributed by atoms with Gasteiger partial charge in [0.05, 0.1) is 39.8 Å². The normalized spacial score (nSPS) is 13.7. The van der Waals surface area contributed by atoms with Crippen molar-refractivity contribution in [2.45, 2.75) is 6.92 Å². The van der Waals surface area contributed by atoms with Gasteiger partial charge < -0.3 is 30.7 Å². The number of benzene rings is 2. The average molecular weight is 488 g/mol. The topological polar surface area (TPSA) is 121 Å². The Morgan fingerprint density at radius 3 is 2.65 bits per heavy atom. The molecule has 0 unspecified atom stereocenters. The molecule has 4 rings (SSSR count). The third kappa shape index (κ3) is 4.49. The summed E-state index contributed by atoms with van der Waals surface area (Å²) in [5, 5.41) is 12.7. The van der Waals surface area contributed by atoms with E-state index >= 15 is 0 Å². The highest BCUT2D eigenvalue weighted by atomic mass is 35.5. The molecule has 9 nitrogen and oxygen atoms in total. The van der Waals surface area contributed by atoms with Crippen LogP contribution in [-0.2, 0) is 0 Å². The number of hydrogen-bond acceptors (Lipinski definition) is 6. The number of hydrogen-bond donors (Lipinski definition) is 3. The lowest BCUT2D eigenvalue weighted by Crippen LogP contribution is -2.48. The fraction of sp³-hybridized carbons (Fsp3) is 0.261. The fourth-order valence-corrected chi connectivity index (χ4v) is 4.10. The molecule has 1 aliphatic heterocycles. The Kier molecular flexibility index (Phi) is 6.60. The molecule has 0 bridgehead atoms. The summed E-state index contributed by atoms with van der Waals surface area (Å²) in [5.74, 6) is -0.830. The van der Waals surface area contributed by atoms with Crippen molar-refractivity contribution in [1.82, 2.24) is 9.88 Å². The van der Waals surface area contributed by atoms with Crippen molar-refractivity contribution in [3.05, 3.63) is 52.9 Å². The first-order valence-corrected chi connectivity index (χ1v) is 11.0. The van der Waals surface area contributed by atoms with Gasteiger partial charge in [0.15, 0.2) is 5.82 Å². The van der Waals surface area contributed by atoms with Crippen LogP contribution < -0.4 is 20.7 Å². The number of nitrogens with one attached hydrogen (secondary N) is 1. The summed E-state index contributed by atoms with van der Waals surface area (Å²) in [5.41, 5.74) is 7.25. The SMILES string of the molecule is CCOc1cc2ncc(C(N)=O)c(Nc3cccc(Cl)c3F)c2cc1N1CCN(C(=O)O)CC1. The van der Waals surface area contributed by atoms with Crippen LogP contribution in [0.3, 0.4) is 0 Å². The molecule has 0 atom stereocenters. The van der Waals surface area contributed by atoms with Gasteiger partial charge in [-0.25, -0.2) is 9.18 Å². The van der Waals surface area contributed by atoms with Crippen molar-refractivity contribution in [2.75, 3.05) is 43.0 Å². The number of carbonyl (C=O) groups excluding carboxylic acids is 1. The smallest absolute Gasteiger partial charge is 0.407 e. The van der Waals surface area contributed by atoms with Crippen molar-refractivity contribution in [2.24, 2.45) is 5.73 Å². The molecule has 1 aliphatic rings. The Labute approximate surface area is 199 Å². The molecule has 2 heterocycles. The van der Waals surface area contributed by atoms with Crippen LogP contribution in [0.1, 0.15) is 17.3 Å². The van der Waals surface area contributed by atoms with E-state index in [9.17, 15) is 19.1 Å². The molecule has 0 saturated carbocycles. The summed E-state index contributed by atoms with van der Waals surface area (Å²) in [7, 11) is 0. The van der Waals surface area contributed by atoms with E-state index in [1.807, 2.05) is 11.8 Å². The zero-order valence-corrected chi connectivity index (χ0v) is 19.1. The number of carbonyl (C=O) groups is 2. The highest BCUT2D eigenvalue weighted by molar-refractivity contribution is 6.31. The summed E-state index contributed by atoms with van der Waals surface area (Å²) in [4.78, 5) is 31.2. The predicted molar refractivity (Wildman–Crippen MR) is 128 cm³/mol. The Morgan fingerprint density at radius 1 is 1.26 bits per heavy atom. The summed E-state index contributed by atoms with van der Waals surface area (Å²) in [6, 6.07) is 8.04. The van der Waals surface area contributed by atoms with Crippen LogP contribution in [0.5, 0.6) is 5.75 Å². The van der Waals surface area contributed by atoms with Gasteiger partial charge >= 0.3 is 6.09 Å². The van der Waals surface area contributed by atoms with E-state index in [1.165, 1.54) is 23.2 Å². The van der Waals surface area contributed by atoms with Crippen LogP contribution in [-0.4, -0.2) is 59.8 Å². The Hall–Kier alpha value is -3.79. The first-order valence-electron chi connectivity index (χ1n) is 10.6. The standard InChI is InChI=1S/C23H23ClFN5O4/c1-2-34-19-11-17-13(10-18(19)29-6-8-30(9-7-29)23(32)33)21(14(12-27-17)22(26)31)28-16-5-3-4-15(24)20(16)25/h3-5,10-12H,2,6-9H2,1H3,(H2,26,31)(H,27,28)(H,32,33). The number of nitrogens with zero attached hydrogens (tertiary/aromatic N) is 3. The fourth-order valence-electron chi connectivity index (χ4n) is 3.92. The molecule has 3 aromatic rings. The van der Waals surface area contributed by atoms with Crippen molar-refractivity contribution in [3.63, 3.8) is 0 Å². The van der Waals surface area contributed by atoms with Gasteiger partial charge in [0, 0.05) is 43.8 Å². The third-order valence-electron chi connectivity index (χ3n) is 5.62.